The number of pyridine rings is 1. The molecule has 0 amide bonds. The van der Waals surface area contributed by atoms with Crippen LogP contribution in [0.25, 0.3) is 0 Å². The molecule has 1 unspecified atom stereocenters. The maximum absolute atomic E-state index is 11.3. The maximum Gasteiger partial charge on any atom is 0.320 e. The highest BCUT2D eigenvalue weighted by molar-refractivity contribution is 9.10. The number of aromatic nitrogens is 1. The molecule has 1 aromatic heterocycles. The van der Waals surface area contributed by atoms with E-state index in [1.54, 1.807) is 19.3 Å². The first-order chi connectivity index (χ1) is 6.74. The summed E-state index contributed by atoms with van der Waals surface area (Å²) in [5.74, 6) is -0.226. The van der Waals surface area contributed by atoms with Gasteiger partial charge >= 0.3 is 5.97 Å². The Bertz CT molecular complexity index is 289. The van der Waals surface area contributed by atoms with E-state index in [-0.39, 0.29) is 10.8 Å². The van der Waals surface area contributed by atoms with Gasteiger partial charge in [0.2, 0.25) is 0 Å². The average molecular weight is 258 g/mol. The van der Waals surface area contributed by atoms with Gasteiger partial charge in [-0.2, -0.15) is 0 Å². The molecule has 4 heteroatoms. The lowest BCUT2D eigenvalue weighted by Crippen LogP contribution is -2.19. The van der Waals surface area contributed by atoms with Gasteiger partial charge in [0, 0.05) is 12.4 Å². The van der Waals surface area contributed by atoms with Gasteiger partial charge in [-0.05, 0) is 25.0 Å². The van der Waals surface area contributed by atoms with E-state index in [0.29, 0.717) is 13.0 Å². The van der Waals surface area contributed by atoms with Crippen LogP contribution in [0.3, 0.4) is 0 Å². The molecule has 1 atom stereocenters. The third-order valence-corrected chi connectivity index (χ3v) is 2.38. The number of alkyl halides is 1. The van der Waals surface area contributed by atoms with E-state index in [4.69, 9.17) is 4.74 Å². The molecule has 0 bridgehead atoms. The summed E-state index contributed by atoms with van der Waals surface area (Å²) in [7, 11) is 0. The molecular formula is C10H12BrNO2. The normalized spacial score (nSPS) is 12.1. The molecule has 0 aliphatic heterocycles. The van der Waals surface area contributed by atoms with E-state index in [9.17, 15) is 4.79 Å². The first-order valence-corrected chi connectivity index (χ1v) is 5.35. The standard InChI is InChI=1S/C10H12BrNO2/c1-2-14-10(13)9(11)6-8-4-3-5-12-7-8/h3-5,7,9H,2,6H2,1H3. The fraction of sp³-hybridized carbons (Fsp3) is 0.400. The van der Waals surface area contributed by atoms with Crippen LogP contribution >= 0.6 is 15.9 Å². The van der Waals surface area contributed by atoms with Crippen molar-refractivity contribution in [2.75, 3.05) is 6.61 Å². The molecule has 0 aliphatic rings. The topological polar surface area (TPSA) is 39.2 Å². The lowest BCUT2D eigenvalue weighted by Gasteiger charge is -2.08. The van der Waals surface area contributed by atoms with Gasteiger partial charge in [-0.15, -0.1) is 0 Å². The van der Waals surface area contributed by atoms with E-state index in [1.165, 1.54) is 0 Å². The molecule has 1 heterocycles. The van der Waals surface area contributed by atoms with Crippen LogP contribution in [-0.4, -0.2) is 22.4 Å². The molecule has 0 spiro atoms. The van der Waals surface area contributed by atoms with Gasteiger partial charge in [-0.1, -0.05) is 22.0 Å². The summed E-state index contributed by atoms with van der Waals surface area (Å²) in [6.45, 7) is 2.20. The highest BCUT2D eigenvalue weighted by atomic mass is 79.9. The van der Waals surface area contributed by atoms with Crippen LogP contribution in [0.4, 0.5) is 0 Å². The number of carbonyl (C=O) groups excluding carboxylic acids is 1. The minimum absolute atomic E-state index is 0.226. The second kappa shape index (κ2) is 5.75. The third-order valence-electron chi connectivity index (χ3n) is 1.68. The summed E-state index contributed by atoms with van der Waals surface area (Å²) in [6.07, 6.45) is 4.05. The predicted molar refractivity (Wildman–Crippen MR) is 57.3 cm³/mol. The molecule has 0 aliphatic carbocycles. The molecule has 0 fully saturated rings. The van der Waals surface area contributed by atoms with E-state index in [0.717, 1.165) is 5.56 Å². The van der Waals surface area contributed by atoms with Crippen molar-refractivity contribution in [2.24, 2.45) is 0 Å². The van der Waals surface area contributed by atoms with Gasteiger partial charge in [0.15, 0.2) is 0 Å². The van der Waals surface area contributed by atoms with Gasteiger partial charge in [-0.25, -0.2) is 0 Å². The van der Waals surface area contributed by atoms with Gasteiger partial charge in [0.1, 0.15) is 4.83 Å². The van der Waals surface area contributed by atoms with Crippen molar-refractivity contribution in [3.05, 3.63) is 30.1 Å². The van der Waals surface area contributed by atoms with Crippen molar-refractivity contribution in [3.63, 3.8) is 0 Å². The number of carbonyl (C=O) groups is 1. The quantitative estimate of drug-likeness (QED) is 0.612. The Labute approximate surface area is 91.6 Å². The molecule has 0 aromatic carbocycles. The van der Waals surface area contributed by atoms with Crippen molar-refractivity contribution in [1.29, 1.82) is 0 Å². The van der Waals surface area contributed by atoms with Crippen molar-refractivity contribution < 1.29 is 9.53 Å². The minimum atomic E-state index is -0.286. The van der Waals surface area contributed by atoms with E-state index in [2.05, 4.69) is 20.9 Å². The summed E-state index contributed by atoms with van der Waals surface area (Å²) < 4.78 is 4.87. The number of ether oxygens (including phenoxy) is 1. The molecule has 0 saturated carbocycles. The molecule has 14 heavy (non-hydrogen) atoms. The molecule has 3 nitrogen and oxygen atoms in total. The number of esters is 1. The van der Waals surface area contributed by atoms with Crippen molar-refractivity contribution in [3.8, 4) is 0 Å². The number of rotatable bonds is 4. The molecular weight excluding hydrogens is 246 g/mol. The first-order valence-electron chi connectivity index (χ1n) is 4.43. The SMILES string of the molecule is CCOC(=O)C(Br)Cc1cccnc1. The van der Waals surface area contributed by atoms with Crippen molar-refractivity contribution in [2.45, 2.75) is 18.2 Å². The van der Waals surface area contributed by atoms with E-state index >= 15 is 0 Å². The highest BCUT2D eigenvalue weighted by Crippen LogP contribution is 2.10. The fourth-order valence-electron chi connectivity index (χ4n) is 1.04. The third kappa shape index (κ3) is 3.46. The van der Waals surface area contributed by atoms with Crippen LogP contribution in [0.2, 0.25) is 0 Å². The second-order valence-electron chi connectivity index (χ2n) is 2.78. The van der Waals surface area contributed by atoms with Gasteiger partial charge < -0.3 is 4.74 Å². The predicted octanol–water partition coefficient (Wildman–Crippen LogP) is 1.95. The summed E-state index contributed by atoms with van der Waals surface area (Å²) in [6, 6.07) is 3.78. The van der Waals surface area contributed by atoms with E-state index < -0.39 is 0 Å². The van der Waals surface area contributed by atoms with Crippen LogP contribution in [0, 0.1) is 0 Å². The zero-order chi connectivity index (χ0) is 10.4. The number of hydrogen-bond donors (Lipinski definition) is 0. The number of nitrogens with zero attached hydrogens (tertiary/aromatic N) is 1. The minimum Gasteiger partial charge on any atom is -0.465 e. The first kappa shape index (κ1) is 11.2. The Kier molecular flexibility index (Phi) is 4.59. The smallest absolute Gasteiger partial charge is 0.320 e. The van der Waals surface area contributed by atoms with Crippen LogP contribution in [0.1, 0.15) is 12.5 Å². The van der Waals surface area contributed by atoms with Crippen LogP contribution in [0.5, 0.6) is 0 Å². The summed E-state index contributed by atoms with van der Waals surface area (Å²) in [5.41, 5.74) is 1.02. The maximum atomic E-state index is 11.3. The molecule has 0 radical (unpaired) electrons. The Balaban J connectivity index is 2.49. The van der Waals surface area contributed by atoms with Crippen molar-refractivity contribution >= 4 is 21.9 Å². The Morgan fingerprint density at radius 1 is 1.71 bits per heavy atom. The summed E-state index contributed by atoms with van der Waals surface area (Å²) >= 11 is 3.28. The number of hydrogen-bond acceptors (Lipinski definition) is 3. The second-order valence-corrected chi connectivity index (χ2v) is 3.89. The van der Waals surface area contributed by atoms with E-state index in [1.807, 2.05) is 12.1 Å². The van der Waals surface area contributed by atoms with Crippen LogP contribution in [0.15, 0.2) is 24.5 Å². The molecule has 1 rings (SSSR count). The molecule has 0 N–H and O–H groups in total. The van der Waals surface area contributed by atoms with Crippen LogP contribution < -0.4 is 0 Å². The van der Waals surface area contributed by atoms with Crippen LogP contribution in [-0.2, 0) is 16.0 Å². The zero-order valence-corrected chi connectivity index (χ0v) is 9.53. The fourth-order valence-corrected chi connectivity index (χ4v) is 1.55. The number of halogens is 1. The molecule has 0 saturated heterocycles. The lowest BCUT2D eigenvalue weighted by molar-refractivity contribution is -0.142. The zero-order valence-electron chi connectivity index (χ0n) is 7.94. The van der Waals surface area contributed by atoms with Crippen molar-refractivity contribution in [1.82, 2.24) is 4.98 Å². The Morgan fingerprint density at radius 2 is 2.50 bits per heavy atom. The largest absolute Gasteiger partial charge is 0.465 e. The Hall–Kier alpha value is -0.900. The lowest BCUT2D eigenvalue weighted by atomic mass is 10.1. The van der Waals surface area contributed by atoms with Gasteiger partial charge in [-0.3, -0.25) is 9.78 Å². The highest BCUT2D eigenvalue weighted by Gasteiger charge is 2.16. The van der Waals surface area contributed by atoms with Gasteiger partial charge in [0.05, 0.1) is 6.61 Å². The van der Waals surface area contributed by atoms with Gasteiger partial charge in [0.25, 0.3) is 0 Å². The summed E-state index contributed by atoms with van der Waals surface area (Å²) in [4.78, 5) is 14.9. The summed E-state index contributed by atoms with van der Waals surface area (Å²) in [5, 5.41) is 0. The monoisotopic (exact) mass is 257 g/mol. The Morgan fingerprint density at radius 3 is 3.07 bits per heavy atom. The molecule has 76 valence electrons. The average Bonchev–Trinajstić information content (AvgIpc) is 2.19. The molecule has 1 aromatic rings.